The van der Waals surface area contributed by atoms with Crippen molar-refractivity contribution in [2.75, 3.05) is 11.1 Å². The van der Waals surface area contributed by atoms with Crippen LogP contribution >= 0.6 is 23.1 Å². The second-order valence-electron chi connectivity index (χ2n) is 4.57. The summed E-state index contributed by atoms with van der Waals surface area (Å²) in [6.45, 7) is 4.25. The predicted octanol–water partition coefficient (Wildman–Crippen LogP) is 3.81. The molecule has 3 nitrogen and oxygen atoms in total. The number of thiophene rings is 1. The molecule has 1 atom stereocenters. The highest BCUT2D eigenvalue weighted by atomic mass is 32.2. The van der Waals surface area contributed by atoms with Crippen LogP contribution in [0.5, 0.6) is 0 Å². The third kappa shape index (κ3) is 4.02. The van der Waals surface area contributed by atoms with E-state index in [9.17, 15) is 4.79 Å². The summed E-state index contributed by atoms with van der Waals surface area (Å²) in [4.78, 5) is 14.6. The van der Waals surface area contributed by atoms with E-state index >= 15 is 0 Å². The van der Waals surface area contributed by atoms with Crippen LogP contribution in [0.25, 0.3) is 0 Å². The van der Waals surface area contributed by atoms with Crippen LogP contribution in [0.15, 0.2) is 41.3 Å². The number of benzene rings is 1. The van der Waals surface area contributed by atoms with Crippen molar-refractivity contribution in [1.29, 1.82) is 0 Å². The second kappa shape index (κ2) is 6.81. The lowest BCUT2D eigenvalue weighted by Gasteiger charge is -2.16. The van der Waals surface area contributed by atoms with Crippen LogP contribution in [0.2, 0.25) is 0 Å². The van der Waals surface area contributed by atoms with Crippen LogP contribution in [0.1, 0.15) is 22.7 Å². The first-order chi connectivity index (χ1) is 9.56. The Morgan fingerprint density at radius 3 is 2.75 bits per heavy atom. The zero-order valence-corrected chi connectivity index (χ0v) is 13.2. The zero-order chi connectivity index (χ0) is 14.5. The number of nitrogens with two attached hydrogens (primary N) is 1. The number of para-hydroxylation sites is 1. The van der Waals surface area contributed by atoms with Crippen molar-refractivity contribution in [3.05, 3.63) is 46.2 Å². The van der Waals surface area contributed by atoms with Crippen molar-refractivity contribution in [3.8, 4) is 0 Å². The summed E-state index contributed by atoms with van der Waals surface area (Å²) < 4.78 is 0. The summed E-state index contributed by atoms with van der Waals surface area (Å²) in [5, 5.41) is 3.50. The third-order valence-electron chi connectivity index (χ3n) is 2.82. The molecule has 20 heavy (non-hydrogen) atoms. The zero-order valence-electron chi connectivity index (χ0n) is 11.6. The van der Waals surface area contributed by atoms with Gasteiger partial charge in [0.2, 0.25) is 5.91 Å². The Balaban J connectivity index is 2.10. The number of thioether (sulfide) groups is 1. The molecule has 0 aliphatic rings. The Morgan fingerprint density at radius 1 is 1.35 bits per heavy atom. The fourth-order valence-corrected chi connectivity index (χ4v) is 3.49. The number of aryl methyl sites for hydroxylation is 1. The van der Waals surface area contributed by atoms with Gasteiger partial charge in [-0.3, -0.25) is 4.79 Å². The first-order valence-electron chi connectivity index (χ1n) is 6.39. The van der Waals surface area contributed by atoms with Crippen LogP contribution in [-0.4, -0.2) is 11.7 Å². The number of rotatable bonds is 6. The maximum absolute atomic E-state index is 10.9. The maximum Gasteiger partial charge on any atom is 0.227 e. The highest BCUT2D eigenvalue weighted by Crippen LogP contribution is 2.31. The number of hydrogen-bond donors (Lipinski definition) is 2. The van der Waals surface area contributed by atoms with Gasteiger partial charge in [-0.25, -0.2) is 0 Å². The second-order valence-corrected chi connectivity index (χ2v) is 6.90. The molecule has 106 valence electrons. The number of carbonyl (C=O) groups is 1. The van der Waals surface area contributed by atoms with Crippen LogP contribution in [0.4, 0.5) is 5.69 Å². The lowest BCUT2D eigenvalue weighted by atomic mass is 10.2. The molecule has 1 amide bonds. The van der Waals surface area contributed by atoms with Gasteiger partial charge in [0.25, 0.3) is 0 Å². The third-order valence-corrected chi connectivity index (χ3v) is 5.10. The fraction of sp³-hybridized carbons (Fsp3) is 0.267. The smallest absolute Gasteiger partial charge is 0.227 e. The van der Waals surface area contributed by atoms with E-state index in [0.717, 1.165) is 10.6 Å². The Labute approximate surface area is 127 Å². The van der Waals surface area contributed by atoms with Gasteiger partial charge in [0, 0.05) is 20.3 Å². The molecule has 0 spiro atoms. The molecule has 3 N–H and O–H groups in total. The molecule has 0 bridgehead atoms. The van der Waals surface area contributed by atoms with Crippen molar-refractivity contribution < 1.29 is 4.79 Å². The first-order valence-corrected chi connectivity index (χ1v) is 8.19. The van der Waals surface area contributed by atoms with Crippen molar-refractivity contribution >= 4 is 34.7 Å². The van der Waals surface area contributed by atoms with Crippen molar-refractivity contribution in [1.82, 2.24) is 0 Å². The Hall–Kier alpha value is -1.46. The molecular weight excluding hydrogens is 288 g/mol. The minimum atomic E-state index is -0.299. The lowest BCUT2D eigenvalue weighted by Crippen LogP contribution is -2.13. The minimum Gasteiger partial charge on any atom is -0.377 e. The standard InChI is InChI=1S/C15H18N2OS2/c1-10-7-8-13(20-10)11(2)17-12-5-3-4-6-14(12)19-9-15(16)18/h3-8,11,17H,9H2,1-2H3,(H2,16,18). The molecule has 1 aromatic carbocycles. The van der Waals surface area contributed by atoms with Gasteiger partial charge in [-0.05, 0) is 38.1 Å². The van der Waals surface area contributed by atoms with E-state index in [-0.39, 0.29) is 11.9 Å². The Morgan fingerprint density at radius 2 is 2.10 bits per heavy atom. The van der Waals surface area contributed by atoms with Crippen molar-refractivity contribution in [2.24, 2.45) is 5.73 Å². The van der Waals surface area contributed by atoms with Gasteiger partial charge >= 0.3 is 0 Å². The average Bonchev–Trinajstić information content (AvgIpc) is 2.84. The predicted molar refractivity (Wildman–Crippen MR) is 87.5 cm³/mol. The van der Waals surface area contributed by atoms with Crippen molar-refractivity contribution in [2.45, 2.75) is 24.8 Å². The van der Waals surface area contributed by atoms with Gasteiger partial charge in [-0.1, -0.05) is 12.1 Å². The molecule has 0 radical (unpaired) electrons. The quantitative estimate of drug-likeness (QED) is 0.798. The van der Waals surface area contributed by atoms with Gasteiger partial charge in [-0.2, -0.15) is 0 Å². The van der Waals surface area contributed by atoms with Crippen LogP contribution < -0.4 is 11.1 Å². The normalized spacial score (nSPS) is 12.1. The fourth-order valence-electron chi connectivity index (χ4n) is 1.85. The largest absolute Gasteiger partial charge is 0.377 e. The number of anilines is 1. The number of nitrogens with one attached hydrogen (secondary N) is 1. The van der Waals surface area contributed by atoms with Gasteiger partial charge in [-0.15, -0.1) is 23.1 Å². The van der Waals surface area contributed by atoms with Crippen LogP contribution in [-0.2, 0) is 4.79 Å². The van der Waals surface area contributed by atoms with E-state index in [1.165, 1.54) is 21.5 Å². The van der Waals surface area contributed by atoms with E-state index in [4.69, 9.17) is 5.73 Å². The first kappa shape index (κ1) is 14.9. The molecule has 1 unspecified atom stereocenters. The van der Waals surface area contributed by atoms with E-state index in [1.54, 1.807) is 11.3 Å². The van der Waals surface area contributed by atoms with Crippen molar-refractivity contribution in [3.63, 3.8) is 0 Å². The number of amides is 1. The molecule has 0 fully saturated rings. The average molecular weight is 306 g/mol. The molecule has 1 aromatic heterocycles. The Kier molecular flexibility index (Phi) is 5.09. The molecule has 2 aromatic rings. The van der Waals surface area contributed by atoms with Crippen LogP contribution in [0, 0.1) is 6.92 Å². The van der Waals surface area contributed by atoms with E-state index in [1.807, 2.05) is 24.3 Å². The summed E-state index contributed by atoms with van der Waals surface area (Å²) in [5.74, 6) is -0.00251. The topological polar surface area (TPSA) is 55.1 Å². The van der Waals surface area contributed by atoms with E-state index in [2.05, 4.69) is 31.3 Å². The number of primary amides is 1. The van der Waals surface area contributed by atoms with Gasteiger partial charge in [0.1, 0.15) is 0 Å². The van der Waals surface area contributed by atoms with Crippen LogP contribution in [0.3, 0.4) is 0 Å². The van der Waals surface area contributed by atoms with Gasteiger partial charge < -0.3 is 11.1 Å². The molecule has 0 aliphatic carbocycles. The van der Waals surface area contributed by atoms with Gasteiger partial charge in [0.15, 0.2) is 0 Å². The number of carbonyl (C=O) groups excluding carboxylic acids is 1. The monoisotopic (exact) mass is 306 g/mol. The molecule has 2 rings (SSSR count). The summed E-state index contributed by atoms with van der Waals surface area (Å²) in [6, 6.07) is 12.5. The SMILES string of the molecule is Cc1ccc(C(C)Nc2ccccc2SCC(N)=O)s1. The number of hydrogen-bond acceptors (Lipinski definition) is 4. The molecule has 0 saturated carbocycles. The van der Waals surface area contributed by atoms with E-state index < -0.39 is 0 Å². The summed E-state index contributed by atoms with van der Waals surface area (Å²) in [6.07, 6.45) is 0. The molecule has 0 saturated heterocycles. The summed E-state index contributed by atoms with van der Waals surface area (Å²) >= 11 is 3.26. The Bertz CT molecular complexity index is 595. The summed E-state index contributed by atoms with van der Waals surface area (Å²) in [7, 11) is 0. The molecule has 1 heterocycles. The minimum absolute atomic E-state index is 0.240. The highest BCUT2D eigenvalue weighted by Gasteiger charge is 2.10. The molecular formula is C15H18N2OS2. The van der Waals surface area contributed by atoms with E-state index in [0.29, 0.717) is 5.75 Å². The lowest BCUT2D eigenvalue weighted by molar-refractivity contribution is -0.115. The van der Waals surface area contributed by atoms with Gasteiger partial charge in [0.05, 0.1) is 11.8 Å². The highest BCUT2D eigenvalue weighted by molar-refractivity contribution is 8.00. The molecule has 5 heteroatoms. The maximum atomic E-state index is 10.9. The molecule has 0 aliphatic heterocycles. The summed E-state index contributed by atoms with van der Waals surface area (Å²) in [5.41, 5.74) is 6.25.